The summed E-state index contributed by atoms with van der Waals surface area (Å²) in [5.74, 6) is -0.157. The number of aliphatic hydroxyl groups excluding tert-OH is 1. The Morgan fingerprint density at radius 2 is 2.14 bits per heavy atom. The van der Waals surface area contributed by atoms with Crippen LogP contribution in [-0.2, 0) is 7.05 Å². The predicted molar refractivity (Wildman–Crippen MR) is 80.9 cm³/mol. The van der Waals surface area contributed by atoms with Crippen LogP contribution in [0.2, 0.25) is 0 Å². The van der Waals surface area contributed by atoms with Gasteiger partial charge in [-0.3, -0.25) is 4.79 Å². The molecule has 1 aromatic heterocycles. The van der Waals surface area contributed by atoms with Gasteiger partial charge in [-0.2, -0.15) is 0 Å². The first-order valence-corrected chi connectivity index (χ1v) is 7.04. The molecule has 0 saturated heterocycles. The van der Waals surface area contributed by atoms with Crippen molar-refractivity contribution in [3.63, 3.8) is 0 Å². The number of nitrogens with one attached hydrogen (secondary N) is 1. The van der Waals surface area contributed by atoms with Crippen LogP contribution in [0.1, 0.15) is 37.6 Å². The summed E-state index contributed by atoms with van der Waals surface area (Å²) in [6.07, 6.45) is 0.530. The van der Waals surface area contributed by atoms with Gasteiger partial charge in [-0.1, -0.05) is 26.0 Å². The number of aromatic nitrogens is 3. The largest absolute Gasteiger partial charge is 0.396 e. The lowest BCUT2D eigenvalue weighted by Crippen LogP contribution is -2.44. The third-order valence-corrected chi connectivity index (χ3v) is 3.64. The second-order valence-corrected chi connectivity index (χ2v) is 6.32. The van der Waals surface area contributed by atoms with Gasteiger partial charge in [0.2, 0.25) is 0 Å². The summed E-state index contributed by atoms with van der Waals surface area (Å²) in [5.41, 5.74) is 2.01. The lowest BCUT2D eigenvalue weighted by Gasteiger charge is -2.31. The maximum Gasteiger partial charge on any atom is 0.251 e. The van der Waals surface area contributed by atoms with E-state index in [1.54, 1.807) is 16.8 Å². The summed E-state index contributed by atoms with van der Waals surface area (Å²) in [6, 6.07) is 5.24. The maximum atomic E-state index is 12.4. The minimum absolute atomic E-state index is 0.0470. The van der Waals surface area contributed by atoms with Crippen molar-refractivity contribution >= 4 is 16.9 Å². The minimum Gasteiger partial charge on any atom is -0.396 e. The van der Waals surface area contributed by atoms with E-state index < -0.39 is 0 Å². The maximum absolute atomic E-state index is 12.4. The molecular formula is C15H22N4O2. The quantitative estimate of drug-likeness (QED) is 0.894. The number of benzene rings is 1. The summed E-state index contributed by atoms with van der Waals surface area (Å²) < 4.78 is 1.67. The first-order valence-electron chi connectivity index (χ1n) is 7.04. The number of hydrogen-bond acceptors (Lipinski definition) is 4. The van der Waals surface area contributed by atoms with Crippen LogP contribution in [0.3, 0.4) is 0 Å². The van der Waals surface area contributed by atoms with E-state index in [0.29, 0.717) is 17.5 Å². The Kier molecular flexibility index (Phi) is 4.27. The van der Waals surface area contributed by atoms with Crippen LogP contribution in [0, 0.1) is 5.41 Å². The monoisotopic (exact) mass is 290 g/mol. The average molecular weight is 290 g/mol. The molecule has 6 heteroatoms. The highest BCUT2D eigenvalue weighted by atomic mass is 16.3. The zero-order chi connectivity index (χ0) is 15.6. The van der Waals surface area contributed by atoms with Crippen LogP contribution in [0.5, 0.6) is 0 Å². The molecule has 0 aliphatic heterocycles. The molecule has 114 valence electrons. The molecular weight excluding hydrogens is 268 g/mol. The molecule has 1 aromatic carbocycles. The van der Waals surface area contributed by atoms with Crippen molar-refractivity contribution < 1.29 is 9.90 Å². The van der Waals surface area contributed by atoms with Crippen molar-refractivity contribution in [2.75, 3.05) is 6.61 Å². The lowest BCUT2D eigenvalue weighted by atomic mass is 9.84. The molecule has 0 aliphatic carbocycles. The molecule has 1 amide bonds. The number of fused-ring (bicyclic) bond motifs is 1. The van der Waals surface area contributed by atoms with Crippen LogP contribution >= 0.6 is 0 Å². The molecule has 0 aliphatic rings. The Labute approximate surface area is 124 Å². The Hall–Kier alpha value is -1.95. The molecule has 2 rings (SSSR count). The summed E-state index contributed by atoms with van der Waals surface area (Å²) in [7, 11) is 1.81. The van der Waals surface area contributed by atoms with Gasteiger partial charge in [-0.15, -0.1) is 5.10 Å². The van der Waals surface area contributed by atoms with E-state index >= 15 is 0 Å². The normalized spacial score (nSPS) is 13.4. The fourth-order valence-electron chi connectivity index (χ4n) is 2.27. The van der Waals surface area contributed by atoms with Crippen molar-refractivity contribution in [2.24, 2.45) is 12.5 Å². The van der Waals surface area contributed by atoms with E-state index in [1.807, 2.05) is 33.9 Å². The fourth-order valence-corrected chi connectivity index (χ4v) is 2.27. The smallest absolute Gasteiger partial charge is 0.251 e. The highest BCUT2D eigenvalue weighted by molar-refractivity contribution is 5.97. The van der Waals surface area contributed by atoms with E-state index in [2.05, 4.69) is 15.6 Å². The molecule has 0 fully saturated rings. The molecule has 2 aromatic rings. The van der Waals surface area contributed by atoms with Gasteiger partial charge < -0.3 is 10.4 Å². The first-order chi connectivity index (χ1) is 9.82. The van der Waals surface area contributed by atoms with Crippen molar-refractivity contribution in [3.05, 3.63) is 23.8 Å². The second-order valence-electron chi connectivity index (χ2n) is 6.32. The SMILES string of the molecule is Cn1nnc2cc(C(=O)NC(CCO)C(C)(C)C)ccc21. The molecule has 21 heavy (non-hydrogen) atoms. The molecule has 6 nitrogen and oxygen atoms in total. The van der Waals surface area contributed by atoms with Crippen LogP contribution in [0.25, 0.3) is 11.0 Å². The number of nitrogens with zero attached hydrogens (tertiary/aromatic N) is 3. The van der Waals surface area contributed by atoms with Gasteiger partial charge >= 0.3 is 0 Å². The number of carbonyl (C=O) groups is 1. The first kappa shape index (κ1) is 15.4. The van der Waals surface area contributed by atoms with Crippen molar-refractivity contribution in [1.29, 1.82) is 0 Å². The Morgan fingerprint density at radius 1 is 1.43 bits per heavy atom. The molecule has 1 unspecified atom stereocenters. The highest BCUT2D eigenvalue weighted by Crippen LogP contribution is 2.22. The zero-order valence-corrected chi connectivity index (χ0v) is 12.9. The van der Waals surface area contributed by atoms with Gasteiger partial charge in [-0.25, -0.2) is 4.68 Å². The van der Waals surface area contributed by atoms with Gasteiger partial charge in [0, 0.05) is 25.3 Å². The number of hydrogen-bond donors (Lipinski definition) is 2. The number of rotatable bonds is 4. The van der Waals surface area contributed by atoms with E-state index in [9.17, 15) is 4.79 Å². The van der Waals surface area contributed by atoms with Crippen LogP contribution in [-0.4, -0.2) is 38.7 Å². The van der Waals surface area contributed by atoms with Crippen LogP contribution in [0.15, 0.2) is 18.2 Å². The number of amides is 1. The molecule has 0 saturated carbocycles. The molecule has 0 spiro atoms. The number of aliphatic hydroxyl groups is 1. The van der Waals surface area contributed by atoms with Crippen molar-refractivity contribution in [3.8, 4) is 0 Å². The topological polar surface area (TPSA) is 80.0 Å². The Bertz CT molecular complexity index is 643. The third-order valence-electron chi connectivity index (χ3n) is 3.64. The minimum atomic E-state index is -0.157. The van der Waals surface area contributed by atoms with Gasteiger partial charge in [0.1, 0.15) is 5.52 Å². The fraction of sp³-hybridized carbons (Fsp3) is 0.533. The van der Waals surface area contributed by atoms with E-state index in [0.717, 1.165) is 5.52 Å². The van der Waals surface area contributed by atoms with Crippen LogP contribution < -0.4 is 5.32 Å². The molecule has 0 radical (unpaired) electrons. The standard InChI is InChI=1S/C15H22N4O2/c1-15(2,3)13(7-8-20)16-14(21)10-5-6-12-11(9-10)17-18-19(12)4/h5-6,9,13,20H,7-8H2,1-4H3,(H,16,21). The molecule has 2 N–H and O–H groups in total. The Balaban J connectivity index is 2.21. The second kappa shape index (κ2) is 5.81. The summed E-state index contributed by atoms with van der Waals surface area (Å²) in [4.78, 5) is 12.4. The summed E-state index contributed by atoms with van der Waals surface area (Å²) >= 11 is 0. The third kappa shape index (κ3) is 3.39. The van der Waals surface area contributed by atoms with Crippen LogP contribution in [0.4, 0.5) is 0 Å². The molecule has 1 atom stereocenters. The van der Waals surface area contributed by atoms with Gasteiger partial charge in [0.15, 0.2) is 0 Å². The number of aryl methyl sites for hydroxylation is 1. The zero-order valence-electron chi connectivity index (χ0n) is 12.9. The predicted octanol–water partition coefficient (Wildman–Crippen LogP) is 1.50. The number of carbonyl (C=O) groups excluding carboxylic acids is 1. The Morgan fingerprint density at radius 3 is 2.76 bits per heavy atom. The van der Waals surface area contributed by atoms with Crippen molar-refractivity contribution in [1.82, 2.24) is 20.3 Å². The lowest BCUT2D eigenvalue weighted by molar-refractivity contribution is 0.0885. The van der Waals surface area contributed by atoms with E-state index in [1.165, 1.54) is 0 Å². The summed E-state index contributed by atoms with van der Waals surface area (Å²) in [6.45, 7) is 6.17. The van der Waals surface area contributed by atoms with Gasteiger partial charge in [0.25, 0.3) is 5.91 Å². The van der Waals surface area contributed by atoms with E-state index in [-0.39, 0.29) is 24.0 Å². The highest BCUT2D eigenvalue weighted by Gasteiger charge is 2.26. The average Bonchev–Trinajstić information content (AvgIpc) is 2.78. The summed E-state index contributed by atoms with van der Waals surface area (Å²) in [5, 5.41) is 20.1. The van der Waals surface area contributed by atoms with Crippen molar-refractivity contribution in [2.45, 2.75) is 33.2 Å². The molecule has 0 bridgehead atoms. The van der Waals surface area contributed by atoms with E-state index in [4.69, 9.17) is 5.11 Å². The molecule has 1 heterocycles. The van der Waals surface area contributed by atoms with Gasteiger partial charge in [0.05, 0.1) is 5.52 Å². The van der Waals surface area contributed by atoms with Gasteiger partial charge in [-0.05, 0) is 30.0 Å².